The minimum atomic E-state index is -0.397. The second-order valence-corrected chi connectivity index (χ2v) is 6.52. The predicted octanol–water partition coefficient (Wildman–Crippen LogP) is 4.33. The molecule has 4 rings (SSSR count). The van der Waals surface area contributed by atoms with E-state index in [-0.39, 0.29) is 23.5 Å². The summed E-state index contributed by atoms with van der Waals surface area (Å²) < 4.78 is 5.22. The Hall–Kier alpha value is -3.41. The first-order valence-corrected chi connectivity index (χ1v) is 8.93. The molecular weight excluding hydrogens is 342 g/mol. The molecule has 0 spiro atoms. The lowest BCUT2D eigenvalue weighted by Gasteiger charge is -2.22. The summed E-state index contributed by atoms with van der Waals surface area (Å²) in [4.78, 5) is 28.6. The van der Waals surface area contributed by atoms with Gasteiger partial charge >= 0.3 is 6.01 Å². The zero-order valence-corrected chi connectivity index (χ0v) is 14.6. The summed E-state index contributed by atoms with van der Waals surface area (Å²) in [6, 6.07) is 17.4. The highest BCUT2D eigenvalue weighted by Gasteiger charge is 2.26. The van der Waals surface area contributed by atoms with E-state index in [0.717, 1.165) is 30.4 Å². The van der Waals surface area contributed by atoms with Crippen LogP contribution in [0.15, 0.2) is 65.3 Å². The van der Waals surface area contributed by atoms with Crippen molar-refractivity contribution in [2.75, 3.05) is 10.6 Å². The number of benzene rings is 2. The van der Waals surface area contributed by atoms with Crippen LogP contribution in [-0.2, 0) is 4.79 Å². The van der Waals surface area contributed by atoms with E-state index < -0.39 is 5.91 Å². The molecule has 0 unspecified atom stereocenters. The van der Waals surface area contributed by atoms with Gasteiger partial charge in [-0.05, 0) is 24.5 Å². The number of nitrogens with zero attached hydrogens (tertiary/aromatic N) is 1. The Morgan fingerprint density at radius 2 is 1.70 bits per heavy atom. The molecule has 0 aliphatic heterocycles. The number of carbonyl (C=O) groups is 2. The summed E-state index contributed by atoms with van der Waals surface area (Å²) in [7, 11) is 0. The van der Waals surface area contributed by atoms with E-state index in [9.17, 15) is 9.59 Å². The molecule has 6 heteroatoms. The minimum Gasteiger partial charge on any atom is -0.431 e. The average molecular weight is 361 g/mol. The van der Waals surface area contributed by atoms with Gasteiger partial charge in [-0.2, -0.15) is 4.98 Å². The van der Waals surface area contributed by atoms with Crippen LogP contribution >= 0.6 is 0 Å². The average Bonchev–Trinajstić information content (AvgIpc) is 3.10. The molecule has 3 aromatic rings. The van der Waals surface area contributed by atoms with Crippen molar-refractivity contribution >= 4 is 23.5 Å². The number of hydrogen-bond donors (Lipinski definition) is 2. The topological polar surface area (TPSA) is 84.2 Å². The number of hydrogen-bond acceptors (Lipinski definition) is 4. The maximum Gasteiger partial charge on any atom is 0.302 e. The van der Waals surface area contributed by atoms with Crippen LogP contribution in [-0.4, -0.2) is 16.8 Å². The molecule has 1 aliphatic rings. The third-order valence-electron chi connectivity index (χ3n) is 4.70. The molecule has 2 amide bonds. The third kappa shape index (κ3) is 3.74. The molecule has 0 atom stereocenters. The van der Waals surface area contributed by atoms with Crippen LogP contribution in [0.5, 0.6) is 0 Å². The normalized spacial score (nSPS) is 13.6. The SMILES string of the molecule is O=C(Nc1ccccc1-c1ccccc1)c1coc(NC(=O)C2CCC2)n1. The Kier molecular flexibility index (Phi) is 4.70. The molecule has 1 aliphatic carbocycles. The lowest BCUT2D eigenvalue weighted by atomic mass is 9.85. The molecular formula is C21H19N3O3. The van der Waals surface area contributed by atoms with Crippen LogP contribution in [0.25, 0.3) is 11.1 Å². The molecule has 1 fully saturated rings. The Balaban J connectivity index is 1.48. The fourth-order valence-electron chi connectivity index (χ4n) is 2.96. The van der Waals surface area contributed by atoms with Crippen LogP contribution in [0.2, 0.25) is 0 Å². The molecule has 0 saturated heterocycles. The van der Waals surface area contributed by atoms with Crippen molar-refractivity contribution in [1.82, 2.24) is 4.98 Å². The van der Waals surface area contributed by atoms with Crippen molar-refractivity contribution in [2.45, 2.75) is 19.3 Å². The first-order valence-electron chi connectivity index (χ1n) is 8.93. The maximum atomic E-state index is 12.6. The number of anilines is 2. The van der Waals surface area contributed by atoms with Gasteiger partial charge in [0.15, 0.2) is 5.69 Å². The van der Waals surface area contributed by atoms with Crippen molar-refractivity contribution in [2.24, 2.45) is 5.92 Å². The van der Waals surface area contributed by atoms with Crippen LogP contribution in [0.4, 0.5) is 11.7 Å². The van der Waals surface area contributed by atoms with E-state index >= 15 is 0 Å². The number of rotatable bonds is 5. The maximum absolute atomic E-state index is 12.6. The van der Waals surface area contributed by atoms with Gasteiger partial charge in [0.1, 0.15) is 6.26 Å². The van der Waals surface area contributed by atoms with Gasteiger partial charge in [0.2, 0.25) is 5.91 Å². The molecule has 1 heterocycles. The molecule has 0 radical (unpaired) electrons. The summed E-state index contributed by atoms with van der Waals surface area (Å²) in [5, 5.41) is 5.49. The van der Waals surface area contributed by atoms with Gasteiger partial charge in [0.05, 0.1) is 0 Å². The fraction of sp³-hybridized carbons (Fsp3) is 0.190. The number of nitrogens with one attached hydrogen (secondary N) is 2. The Bertz CT molecular complexity index is 962. The monoisotopic (exact) mass is 361 g/mol. The van der Waals surface area contributed by atoms with Crippen molar-refractivity contribution in [3.63, 3.8) is 0 Å². The summed E-state index contributed by atoms with van der Waals surface area (Å²) in [5.41, 5.74) is 2.70. The van der Waals surface area contributed by atoms with Gasteiger partial charge in [-0.1, -0.05) is 55.0 Å². The minimum absolute atomic E-state index is 0.0203. The summed E-state index contributed by atoms with van der Waals surface area (Å²) in [6.45, 7) is 0. The Morgan fingerprint density at radius 3 is 2.44 bits per heavy atom. The molecule has 2 N–H and O–H groups in total. The molecule has 6 nitrogen and oxygen atoms in total. The van der Waals surface area contributed by atoms with E-state index in [1.807, 2.05) is 54.6 Å². The number of para-hydroxylation sites is 1. The number of amides is 2. The van der Waals surface area contributed by atoms with Crippen LogP contribution in [0.3, 0.4) is 0 Å². The van der Waals surface area contributed by atoms with E-state index in [0.29, 0.717) is 5.69 Å². The van der Waals surface area contributed by atoms with Crippen LogP contribution in [0, 0.1) is 5.92 Å². The van der Waals surface area contributed by atoms with Crippen LogP contribution < -0.4 is 10.6 Å². The Morgan fingerprint density at radius 1 is 0.963 bits per heavy atom. The quantitative estimate of drug-likeness (QED) is 0.708. The van der Waals surface area contributed by atoms with Crippen molar-refractivity contribution in [3.8, 4) is 11.1 Å². The van der Waals surface area contributed by atoms with Gasteiger partial charge in [-0.25, -0.2) is 0 Å². The van der Waals surface area contributed by atoms with Crippen LogP contribution in [0.1, 0.15) is 29.8 Å². The lowest BCUT2D eigenvalue weighted by Crippen LogP contribution is -2.28. The highest BCUT2D eigenvalue weighted by atomic mass is 16.4. The van der Waals surface area contributed by atoms with Gasteiger partial charge < -0.3 is 9.73 Å². The highest BCUT2D eigenvalue weighted by Crippen LogP contribution is 2.29. The summed E-state index contributed by atoms with van der Waals surface area (Å²) >= 11 is 0. The van der Waals surface area contributed by atoms with E-state index in [4.69, 9.17) is 4.42 Å². The van der Waals surface area contributed by atoms with Crippen molar-refractivity contribution in [1.29, 1.82) is 0 Å². The number of aromatic nitrogens is 1. The molecule has 0 bridgehead atoms. The van der Waals surface area contributed by atoms with Gasteiger partial charge in [0, 0.05) is 17.2 Å². The zero-order valence-electron chi connectivity index (χ0n) is 14.6. The molecule has 136 valence electrons. The van der Waals surface area contributed by atoms with Gasteiger partial charge in [-0.3, -0.25) is 14.9 Å². The highest BCUT2D eigenvalue weighted by molar-refractivity contribution is 6.05. The Labute approximate surface area is 156 Å². The smallest absolute Gasteiger partial charge is 0.302 e. The molecule has 1 aromatic heterocycles. The second-order valence-electron chi connectivity index (χ2n) is 6.52. The van der Waals surface area contributed by atoms with Crippen molar-refractivity contribution in [3.05, 3.63) is 66.6 Å². The first kappa shape index (κ1) is 17.0. The summed E-state index contributed by atoms with van der Waals surface area (Å²) in [6.07, 6.45) is 4.08. The fourth-order valence-corrected chi connectivity index (χ4v) is 2.96. The largest absolute Gasteiger partial charge is 0.431 e. The predicted molar refractivity (Wildman–Crippen MR) is 102 cm³/mol. The molecule has 1 saturated carbocycles. The standard InChI is InChI=1S/C21H19N3O3/c25-19(15-9-6-10-15)24-21-23-18(13-27-21)20(26)22-17-12-5-4-11-16(17)14-7-2-1-3-8-14/h1-5,7-8,11-13,15H,6,9-10H2,(H,22,26)(H,23,24,25). The van der Waals surface area contributed by atoms with Crippen molar-refractivity contribution < 1.29 is 14.0 Å². The second kappa shape index (κ2) is 7.45. The third-order valence-corrected chi connectivity index (χ3v) is 4.70. The van der Waals surface area contributed by atoms with Gasteiger partial charge in [0.25, 0.3) is 5.91 Å². The number of oxazole rings is 1. The molecule has 27 heavy (non-hydrogen) atoms. The number of carbonyl (C=O) groups excluding carboxylic acids is 2. The van der Waals surface area contributed by atoms with E-state index in [1.165, 1.54) is 6.26 Å². The van der Waals surface area contributed by atoms with E-state index in [2.05, 4.69) is 15.6 Å². The first-order chi connectivity index (χ1) is 13.2. The summed E-state index contributed by atoms with van der Waals surface area (Å²) in [5.74, 6) is -0.484. The lowest BCUT2D eigenvalue weighted by molar-refractivity contribution is -0.122. The van der Waals surface area contributed by atoms with E-state index in [1.54, 1.807) is 0 Å². The molecule has 2 aromatic carbocycles. The zero-order chi connectivity index (χ0) is 18.6. The van der Waals surface area contributed by atoms with Gasteiger partial charge in [-0.15, -0.1) is 0 Å².